The second-order valence-corrected chi connectivity index (χ2v) is 5.79. The first-order chi connectivity index (χ1) is 10.2. The van der Waals surface area contributed by atoms with Crippen LogP contribution in [0, 0.1) is 29.6 Å². The number of methoxy groups -OCH3 is 1. The number of hydrogen-bond acceptors (Lipinski definition) is 3. The molecule has 2 aliphatic rings. The average molecular weight is 285 g/mol. The summed E-state index contributed by atoms with van der Waals surface area (Å²) in [6.07, 6.45) is 3.34. The number of fused-ring (bicyclic) bond motifs is 1. The van der Waals surface area contributed by atoms with Gasteiger partial charge in [-0.25, -0.2) is 0 Å². The Morgan fingerprint density at radius 3 is 2.81 bits per heavy atom. The summed E-state index contributed by atoms with van der Waals surface area (Å²) in [5, 5.41) is 11.7. The Labute approximate surface area is 124 Å². The summed E-state index contributed by atoms with van der Waals surface area (Å²) >= 11 is 0. The lowest BCUT2D eigenvalue weighted by molar-refractivity contribution is -0.120. The van der Waals surface area contributed by atoms with E-state index >= 15 is 0 Å². The number of aliphatic hydroxyl groups is 1. The minimum atomic E-state index is -0.182. The molecule has 0 aromatic heterocycles. The summed E-state index contributed by atoms with van der Waals surface area (Å²) in [5.74, 6) is 7.83. The minimum Gasteiger partial charge on any atom is -0.495 e. The van der Waals surface area contributed by atoms with Crippen LogP contribution in [0.15, 0.2) is 18.2 Å². The van der Waals surface area contributed by atoms with Gasteiger partial charge in [0.05, 0.1) is 12.8 Å². The van der Waals surface area contributed by atoms with Crippen LogP contribution in [0.3, 0.4) is 0 Å². The van der Waals surface area contributed by atoms with Crippen LogP contribution in [0.5, 0.6) is 5.75 Å². The molecule has 2 aliphatic carbocycles. The van der Waals surface area contributed by atoms with E-state index in [0.29, 0.717) is 11.4 Å². The van der Waals surface area contributed by atoms with Crippen LogP contribution in [0.25, 0.3) is 0 Å². The third kappa shape index (κ3) is 3.03. The summed E-state index contributed by atoms with van der Waals surface area (Å²) < 4.78 is 5.29. The summed E-state index contributed by atoms with van der Waals surface area (Å²) in [6, 6.07) is 5.38. The van der Waals surface area contributed by atoms with Crippen molar-refractivity contribution in [3.05, 3.63) is 23.8 Å². The number of carbonyl (C=O) groups excluding carboxylic acids is 1. The van der Waals surface area contributed by atoms with Gasteiger partial charge < -0.3 is 15.2 Å². The Morgan fingerprint density at radius 1 is 1.38 bits per heavy atom. The molecule has 4 nitrogen and oxygen atoms in total. The van der Waals surface area contributed by atoms with E-state index < -0.39 is 0 Å². The smallest absolute Gasteiger partial charge is 0.227 e. The topological polar surface area (TPSA) is 58.6 Å². The summed E-state index contributed by atoms with van der Waals surface area (Å²) in [6.45, 7) is -0.182. The lowest BCUT2D eigenvalue weighted by atomic mass is 10.0. The van der Waals surface area contributed by atoms with Gasteiger partial charge >= 0.3 is 0 Å². The highest BCUT2D eigenvalue weighted by Crippen LogP contribution is 2.54. The highest BCUT2D eigenvalue weighted by molar-refractivity contribution is 5.94. The van der Waals surface area contributed by atoms with E-state index in [1.807, 2.05) is 6.07 Å². The first-order valence-corrected chi connectivity index (χ1v) is 7.30. The molecule has 3 rings (SSSR count). The maximum absolute atomic E-state index is 12.3. The molecule has 2 unspecified atom stereocenters. The molecule has 0 saturated heterocycles. The van der Waals surface area contributed by atoms with Gasteiger partial charge in [-0.05, 0) is 49.3 Å². The monoisotopic (exact) mass is 285 g/mol. The minimum absolute atomic E-state index is 0.0766. The van der Waals surface area contributed by atoms with Crippen molar-refractivity contribution in [2.45, 2.75) is 19.3 Å². The molecule has 1 aromatic rings. The van der Waals surface area contributed by atoms with Crippen LogP contribution < -0.4 is 10.1 Å². The molecule has 4 heteroatoms. The summed E-state index contributed by atoms with van der Waals surface area (Å²) in [5.41, 5.74) is 1.39. The summed E-state index contributed by atoms with van der Waals surface area (Å²) in [7, 11) is 1.58. The molecule has 0 heterocycles. The number of benzene rings is 1. The normalized spacial score (nSPS) is 25.5. The maximum Gasteiger partial charge on any atom is 0.227 e. The molecule has 110 valence electrons. The molecule has 0 spiro atoms. The van der Waals surface area contributed by atoms with Crippen LogP contribution in [0.1, 0.15) is 24.8 Å². The van der Waals surface area contributed by atoms with E-state index in [-0.39, 0.29) is 18.4 Å². The van der Waals surface area contributed by atoms with Crippen LogP contribution in [-0.2, 0) is 4.79 Å². The lowest BCUT2D eigenvalue weighted by Gasteiger charge is -2.15. The standard InChI is InChI=1S/C17H19NO3/c1-21-16-5-4-11(3-2-6-19)7-15(16)18-17(20)14-9-12-8-13(12)10-14/h4-5,7,12-14,19H,6,8-10H2,1H3,(H,18,20). The van der Waals surface area contributed by atoms with E-state index in [1.165, 1.54) is 6.42 Å². The Kier molecular flexibility index (Phi) is 3.85. The van der Waals surface area contributed by atoms with E-state index in [1.54, 1.807) is 19.2 Å². The highest BCUT2D eigenvalue weighted by atomic mass is 16.5. The van der Waals surface area contributed by atoms with Crippen LogP contribution in [-0.4, -0.2) is 24.7 Å². The zero-order chi connectivity index (χ0) is 14.8. The Hall–Kier alpha value is -1.99. The van der Waals surface area contributed by atoms with Crippen molar-refractivity contribution in [2.24, 2.45) is 17.8 Å². The van der Waals surface area contributed by atoms with Gasteiger partial charge in [-0.15, -0.1) is 0 Å². The van der Waals surface area contributed by atoms with Gasteiger partial charge in [0.25, 0.3) is 0 Å². The van der Waals surface area contributed by atoms with Gasteiger partial charge in [0.15, 0.2) is 0 Å². The number of aliphatic hydroxyl groups excluding tert-OH is 1. The molecular formula is C17H19NO3. The van der Waals surface area contributed by atoms with E-state index in [0.717, 1.165) is 30.2 Å². The van der Waals surface area contributed by atoms with Crippen molar-refractivity contribution < 1.29 is 14.6 Å². The van der Waals surface area contributed by atoms with E-state index in [9.17, 15) is 4.79 Å². The van der Waals surface area contributed by atoms with Crippen molar-refractivity contribution in [2.75, 3.05) is 19.0 Å². The quantitative estimate of drug-likeness (QED) is 0.835. The number of amides is 1. The molecule has 2 N–H and O–H groups in total. The maximum atomic E-state index is 12.3. The molecule has 1 aromatic carbocycles. The van der Waals surface area contributed by atoms with Crippen molar-refractivity contribution in [3.8, 4) is 17.6 Å². The fourth-order valence-corrected chi connectivity index (χ4v) is 3.19. The molecule has 2 atom stereocenters. The van der Waals surface area contributed by atoms with Crippen molar-refractivity contribution in [1.82, 2.24) is 0 Å². The largest absolute Gasteiger partial charge is 0.495 e. The molecular weight excluding hydrogens is 266 g/mol. The first kappa shape index (κ1) is 14.0. The molecule has 0 bridgehead atoms. The SMILES string of the molecule is COc1ccc(C#CCO)cc1NC(=O)C1CC2CC2C1. The number of hydrogen-bond donors (Lipinski definition) is 2. The Bertz CT molecular complexity index is 604. The third-order valence-electron chi connectivity index (χ3n) is 4.38. The van der Waals surface area contributed by atoms with E-state index in [2.05, 4.69) is 17.2 Å². The fourth-order valence-electron chi connectivity index (χ4n) is 3.19. The number of rotatable bonds is 3. The number of ether oxygens (including phenoxy) is 1. The molecule has 21 heavy (non-hydrogen) atoms. The highest BCUT2D eigenvalue weighted by Gasteiger charge is 2.48. The average Bonchev–Trinajstić information content (AvgIpc) is 3.11. The van der Waals surface area contributed by atoms with Crippen molar-refractivity contribution in [1.29, 1.82) is 0 Å². The predicted octanol–water partition coefficient (Wildman–Crippen LogP) is 2.02. The predicted molar refractivity (Wildman–Crippen MR) is 79.9 cm³/mol. The lowest BCUT2D eigenvalue weighted by Crippen LogP contribution is -2.22. The van der Waals surface area contributed by atoms with Gasteiger partial charge in [0.2, 0.25) is 5.91 Å². The first-order valence-electron chi connectivity index (χ1n) is 7.30. The molecule has 0 radical (unpaired) electrons. The molecule has 2 fully saturated rings. The second-order valence-electron chi connectivity index (χ2n) is 5.79. The van der Waals surface area contributed by atoms with E-state index in [4.69, 9.17) is 9.84 Å². The number of nitrogens with one attached hydrogen (secondary N) is 1. The van der Waals surface area contributed by atoms with Crippen LogP contribution in [0.2, 0.25) is 0 Å². The Balaban J connectivity index is 1.74. The fraction of sp³-hybridized carbons (Fsp3) is 0.471. The van der Waals surface area contributed by atoms with Gasteiger partial charge in [0, 0.05) is 11.5 Å². The number of anilines is 1. The molecule has 2 saturated carbocycles. The zero-order valence-electron chi connectivity index (χ0n) is 12.1. The van der Waals surface area contributed by atoms with Crippen LogP contribution in [0.4, 0.5) is 5.69 Å². The second kappa shape index (κ2) is 5.79. The molecule has 1 amide bonds. The van der Waals surface area contributed by atoms with Gasteiger partial charge in [-0.3, -0.25) is 4.79 Å². The molecule has 0 aliphatic heterocycles. The van der Waals surface area contributed by atoms with Gasteiger partial charge in [-0.1, -0.05) is 11.8 Å². The van der Waals surface area contributed by atoms with Gasteiger partial charge in [0.1, 0.15) is 12.4 Å². The summed E-state index contributed by atoms with van der Waals surface area (Å²) in [4.78, 5) is 12.3. The van der Waals surface area contributed by atoms with Gasteiger partial charge in [-0.2, -0.15) is 0 Å². The zero-order valence-corrected chi connectivity index (χ0v) is 12.1. The Morgan fingerprint density at radius 2 is 2.14 bits per heavy atom. The van der Waals surface area contributed by atoms with Crippen molar-refractivity contribution in [3.63, 3.8) is 0 Å². The number of carbonyl (C=O) groups is 1. The third-order valence-corrected chi connectivity index (χ3v) is 4.38. The van der Waals surface area contributed by atoms with Crippen LogP contribution >= 0.6 is 0 Å². The van der Waals surface area contributed by atoms with Crippen molar-refractivity contribution >= 4 is 11.6 Å².